The number of rotatable bonds is 22. The van der Waals surface area contributed by atoms with Gasteiger partial charge >= 0.3 is 0 Å². The molecule has 3 nitrogen and oxygen atoms in total. The summed E-state index contributed by atoms with van der Waals surface area (Å²) in [5, 5.41) is 19.9. The second-order valence-corrected chi connectivity index (χ2v) is 18.8. The molecule has 2 unspecified atom stereocenters. The fraction of sp³-hybridized carbons (Fsp3) is 0.526. The number of benzene rings is 4. The molecule has 0 N–H and O–H groups in total. The fourth-order valence-corrected chi connectivity index (χ4v) is 10.5. The zero-order chi connectivity index (χ0) is 41.9. The van der Waals surface area contributed by atoms with E-state index in [2.05, 4.69) is 123 Å². The third-order valence-electron chi connectivity index (χ3n) is 14.4. The lowest BCUT2D eigenvalue weighted by Crippen LogP contribution is -2.22. The quantitative estimate of drug-likeness (QED) is 0.0744. The van der Waals surface area contributed by atoms with Crippen molar-refractivity contribution in [3.8, 4) is 34.4 Å². The largest absolute Gasteiger partial charge is 0.300 e. The zero-order valence-electron chi connectivity index (χ0n) is 37.1. The Hall–Kier alpha value is -4.47. The van der Waals surface area contributed by atoms with Crippen molar-refractivity contribution >= 4 is 5.78 Å². The summed E-state index contributed by atoms with van der Waals surface area (Å²) in [5.41, 5.74) is 10.1. The molecule has 0 amide bonds. The summed E-state index contributed by atoms with van der Waals surface area (Å²) in [7, 11) is 0. The summed E-state index contributed by atoms with van der Waals surface area (Å²) in [4.78, 5) is 12.7. The van der Waals surface area contributed by atoms with Crippen LogP contribution in [-0.4, -0.2) is 5.78 Å². The van der Waals surface area contributed by atoms with Gasteiger partial charge in [-0.15, -0.1) is 0 Å². The molecule has 0 aliphatic heterocycles. The second-order valence-electron chi connectivity index (χ2n) is 18.8. The number of hydrogen-bond acceptors (Lipinski definition) is 3. The van der Waals surface area contributed by atoms with Crippen molar-refractivity contribution in [3.63, 3.8) is 0 Å². The molecule has 60 heavy (non-hydrogen) atoms. The molecule has 0 aromatic heterocycles. The van der Waals surface area contributed by atoms with Crippen LogP contribution in [0.25, 0.3) is 22.3 Å². The number of nitriles is 2. The Morgan fingerprint density at radius 2 is 0.800 bits per heavy atom. The van der Waals surface area contributed by atoms with E-state index >= 15 is 0 Å². The number of aryl methyl sites for hydroxylation is 2. The van der Waals surface area contributed by atoms with Crippen LogP contribution < -0.4 is 0 Å². The minimum atomic E-state index is 0.124. The Bertz CT molecular complexity index is 1790. The molecular formula is C57H72N2O. The van der Waals surface area contributed by atoms with Crippen LogP contribution in [0.5, 0.6) is 0 Å². The Balaban J connectivity index is 0.832. The van der Waals surface area contributed by atoms with Crippen LogP contribution in [0, 0.1) is 58.2 Å². The summed E-state index contributed by atoms with van der Waals surface area (Å²) in [6, 6.07) is 40.9. The van der Waals surface area contributed by atoms with Gasteiger partial charge in [0.15, 0.2) is 0 Å². The number of ketones is 1. The van der Waals surface area contributed by atoms with E-state index in [9.17, 15) is 15.3 Å². The van der Waals surface area contributed by atoms with Crippen LogP contribution in [0.3, 0.4) is 0 Å². The lowest BCUT2D eigenvalue weighted by atomic mass is 9.73. The van der Waals surface area contributed by atoms with E-state index in [1.54, 1.807) is 0 Å². The Morgan fingerprint density at radius 1 is 0.483 bits per heavy atom. The smallest absolute Gasteiger partial charge is 0.132 e. The van der Waals surface area contributed by atoms with Gasteiger partial charge < -0.3 is 0 Å². The summed E-state index contributed by atoms with van der Waals surface area (Å²) in [6.07, 6.45) is 24.4. The molecule has 2 fully saturated rings. The summed E-state index contributed by atoms with van der Waals surface area (Å²) >= 11 is 0. The lowest BCUT2D eigenvalue weighted by Gasteiger charge is -2.31. The van der Waals surface area contributed by atoms with E-state index in [-0.39, 0.29) is 11.8 Å². The van der Waals surface area contributed by atoms with Crippen molar-refractivity contribution < 1.29 is 4.79 Å². The molecule has 2 aliphatic carbocycles. The number of nitrogens with zero attached hydrogens (tertiary/aromatic N) is 2. The highest BCUT2D eigenvalue weighted by Gasteiger charge is 2.28. The predicted molar refractivity (Wildman–Crippen MR) is 250 cm³/mol. The van der Waals surface area contributed by atoms with Crippen molar-refractivity contribution in [2.24, 2.45) is 35.5 Å². The van der Waals surface area contributed by atoms with Crippen molar-refractivity contribution in [1.29, 1.82) is 10.5 Å². The van der Waals surface area contributed by atoms with Crippen molar-refractivity contribution in [2.45, 2.75) is 155 Å². The summed E-state index contributed by atoms with van der Waals surface area (Å²) in [6.45, 7) is 4.57. The minimum Gasteiger partial charge on any atom is -0.300 e. The molecule has 2 atom stereocenters. The zero-order valence-corrected chi connectivity index (χ0v) is 37.1. The van der Waals surface area contributed by atoms with E-state index < -0.39 is 0 Å². The third kappa shape index (κ3) is 13.8. The maximum Gasteiger partial charge on any atom is 0.132 e. The topological polar surface area (TPSA) is 64.7 Å². The molecule has 0 spiro atoms. The number of unbranched alkanes of at least 4 members (excludes halogenated alkanes) is 2. The summed E-state index contributed by atoms with van der Waals surface area (Å²) in [5.74, 6) is 3.49. The molecule has 4 aromatic rings. The fourth-order valence-electron chi connectivity index (χ4n) is 10.5. The van der Waals surface area contributed by atoms with Gasteiger partial charge in [-0.1, -0.05) is 162 Å². The van der Waals surface area contributed by atoms with Crippen LogP contribution in [0.15, 0.2) is 97.1 Å². The molecule has 0 heterocycles. The van der Waals surface area contributed by atoms with Gasteiger partial charge in [-0.3, -0.25) is 4.79 Å². The Morgan fingerprint density at radius 3 is 1.10 bits per heavy atom. The van der Waals surface area contributed by atoms with Gasteiger partial charge in [0.25, 0.3) is 0 Å². The molecule has 316 valence electrons. The number of hydrogen-bond donors (Lipinski definition) is 0. The van der Waals surface area contributed by atoms with Gasteiger partial charge in [-0.25, -0.2) is 0 Å². The molecule has 6 rings (SSSR count). The Kier molecular flexibility index (Phi) is 18.1. The van der Waals surface area contributed by atoms with E-state index in [1.807, 2.05) is 0 Å². The van der Waals surface area contributed by atoms with Gasteiger partial charge in [0.2, 0.25) is 0 Å². The van der Waals surface area contributed by atoms with Crippen molar-refractivity contribution in [2.75, 3.05) is 0 Å². The molecule has 0 bridgehead atoms. The standard InChI is InChI=1S/C57H72N2O/c1-3-9-43-15-31-53(32-16-43)55(41-58)39-47-23-35-51(36-24-47)49-27-19-45(20-28-49)11-5-7-13-57(60)14-8-6-12-46-21-29-50(30-22-46)52-37-25-48(26-38-52)40-56(42-59)54-33-17-44(10-4-2)18-34-54/h19-30,35-38,43-44,53-56H,3-18,31-34,39-40H2,1-2H3/t43-,44-,53-,54-,55?,56?. The average Bonchev–Trinajstić information content (AvgIpc) is 3.29. The highest BCUT2D eigenvalue weighted by molar-refractivity contribution is 5.78. The molecule has 3 heteroatoms. The lowest BCUT2D eigenvalue weighted by molar-refractivity contribution is -0.119. The van der Waals surface area contributed by atoms with Crippen LogP contribution in [0.4, 0.5) is 0 Å². The maximum atomic E-state index is 12.7. The normalized spacial score (nSPS) is 20.1. The van der Waals surface area contributed by atoms with E-state index in [1.165, 1.54) is 122 Å². The first-order chi connectivity index (χ1) is 29.4. The van der Waals surface area contributed by atoms with Gasteiger partial charge in [-0.05, 0) is 145 Å². The van der Waals surface area contributed by atoms with Gasteiger partial charge in [0.05, 0.1) is 24.0 Å². The number of Topliss-reactive ketones (excluding diaryl/α,β-unsaturated/α-hetero) is 1. The average molecular weight is 801 g/mol. The first kappa shape index (κ1) is 45.1. The molecule has 0 radical (unpaired) electrons. The number of carbonyl (C=O) groups is 1. The van der Waals surface area contributed by atoms with E-state index in [0.717, 1.165) is 63.2 Å². The first-order valence-corrected chi connectivity index (χ1v) is 24.1. The van der Waals surface area contributed by atoms with Crippen molar-refractivity contribution in [3.05, 3.63) is 119 Å². The van der Waals surface area contributed by atoms with Gasteiger partial charge in [-0.2, -0.15) is 10.5 Å². The predicted octanol–water partition coefficient (Wildman–Crippen LogP) is 15.3. The molecule has 4 aromatic carbocycles. The SMILES string of the molecule is CCC[C@H]1CC[C@H](C(C#N)Cc2ccc(-c3ccc(CCCCC(=O)CCCCc4ccc(-c5ccc(CC(C#N)[C@H]6CC[C@H](CCC)CC6)cc5)cc4)cc3)cc2)CC1. The second kappa shape index (κ2) is 24.1. The summed E-state index contributed by atoms with van der Waals surface area (Å²) < 4.78 is 0. The minimum absolute atomic E-state index is 0.124. The monoisotopic (exact) mass is 801 g/mol. The molecule has 2 saturated carbocycles. The maximum absolute atomic E-state index is 12.7. The van der Waals surface area contributed by atoms with Crippen LogP contribution in [-0.2, 0) is 30.5 Å². The van der Waals surface area contributed by atoms with Gasteiger partial charge in [0, 0.05) is 12.8 Å². The van der Waals surface area contributed by atoms with Crippen LogP contribution in [0.1, 0.15) is 152 Å². The highest BCUT2D eigenvalue weighted by atomic mass is 16.1. The number of carbonyl (C=O) groups excluding carboxylic acids is 1. The van der Waals surface area contributed by atoms with Crippen LogP contribution >= 0.6 is 0 Å². The highest BCUT2D eigenvalue weighted by Crippen LogP contribution is 2.38. The molecule has 2 aliphatic rings. The Labute approximate surface area is 364 Å². The van der Waals surface area contributed by atoms with E-state index in [4.69, 9.17) is 0 Å². The third-order valence-corrected chi connectivity index (χ3v) is 14.4. The van der Waals surface area contributed by atoms with E-state index in [0.29, 0.717) is 30.5 Å². The van der Waals surface area contributed by atoms with Gasteiger partial charge in [0.1, 0.15) is 5.78 Å². The van der Waals surface area contributed by atoms with Crippen LogP contribution in [0.2, 0.25) is 0 Å². The molecule has 0 saturated heterocycles. The van der Waals surface area contributed by atoms with Crippen molar-refractivity contribution in [1.82, 2.24) is 0 Å². The molecular weight excluding hydrogens is 729 g/mol. The first-order valence-electron chi connectivity index (χ1n) is 24.1.